The summed E-state index contributed by atoms with van der Waals surface area (Å²) in [4.78, 5) is 9.08. The van der Waals surface area contributed by atoms with Crippen molar-refractivity contribution in [3.8, 4) is 0 Å². The van der Waals surface area contributed by atoms with Crippen molar-refractivity contribution in [2.24, 2.45) is 0 Å². The molecule has 0 aliphatic carbocycles. The predicted molar refractivity (Wildman–Crippen MR) is 93.6 cm³/mol. The second-order valence-electron chi connectivity index (χ2n) is 6.83. The van der Waals surface area contributed by atoms with Crippen molar-refractivity contribution < 1.29 is 0 Å². The van der Waals surface area contributed by atoms with E-state index in [0.717, 1.165) is 18.9 Å². The molecule has 0 amide bonds. The summed E-state index contributed by atoms with van der Waals surface area (Å²) in [6.45, 7) is 6.48. The van der Waals surface area contributed by atoms with E-state index in [4.69, 9.17) is 0 Å². The van der Waals surface area contributed by atoms with Gasteiger partial charge in [-0.05, 0) is 57.0 Å². The van der Waals surface area contributed by atoms with Gasteiger partial charge in [0.1, 0.15) is 5.82 Å². The summed E-state index contributed by atoms with van der Waals surface area (Å²) in [6.07, 6.45) is 6.31. The first-order valence-electron chi connectivity index (χ1n) is 8.46. The molecule has 2 aromatic rings. The Morgan fingerprint density at radius 2 is 2.09 bits per heavy atom. The Balaban J connectivity index is 1.80. The molecule has 3 rings (SSSR count). The summed E-state index contributed by atoms with van der Waals surface area (Å²) in [5.74, 6) is 1.03. The van der Waals surface area contributed by atoms with Gasteiger partial charge in [0.15, 0.2) is 0 Å². The highest BCUT2D eigenvalue weighted by Gasteiger charge is 2.27. The number of rotatable bonds is 5. The molecule has 23 heavy (non-hydrogen) atoms. The van der Waals surface area contributed by atoms with E-state index >= 15 is 0 Å². The monoisotopic (exact) mass is 313 g/mol. The minimum atomic E-state index is 0.405. The molecule has 1 atom stereocenters. The zero-order valence-electron chi connectivity index (χ0n) is 14.6. The second-order valence-corrected chi connectivity index (χ2v) is 6.83. The van der Waals surface area contributed by atoms with E-state index in [0.29, 0.717) is 12.1 Å². The molecule has 0 saturated carbocycles. The molecular formula is C18H27N5. The lowest BCUT2D eigenvalue weighted by Crippen LogP contribution is -2.25. The highest BCUT2D eigenvalue weighted by Crippen LogP contribution is 2.34. The highest BCUT2D eigenvalue weighted by molar-refractivity contribution is 5.40. The van der Waals surface area contributed by atoms with Gasteiger partial charge in [0.2, 0.25) is 0 Å². The number of anilines is 1. The third-order valence-electron chi connectivity index (χ3n) is 4.58. The van der Waals surface area contributed by atoms with Crippen molar-refractivity contribution in [1.82, 2.24) is 19.7 Å². The average molecular weight is 313 g/mol. The van der Waals surface area contributed by atoms with Crippen LogP contribution in [0.2, 0.25) is 0 Å². The van der Waals surface area contributed by atoms with Crippen molar-refractivity contribution >= 4 is 5.82 Å². The van der Waals surface area contributed by atoms with Crippen LogP contribution in [0.4, 0.5) is 5.82 Å². The predicted octanol–water partition coefficient (Wildman–Crippen LogP) is 3.26. The van der Waals surface area contributed by atoms with E-state index < -0.39 is 0 Å². The van der Waals surface area contributed by atoms with Gasteiger partial charge in [0, 0.05) is 45.1 Å². The summed E-state index contributed by atoms with van der Waals surface area (Å²) in [5, 5.41) is 4.47. The van der Waals surface area contributed by atoms with Crippen LogP contribution >= 0.6 is 0 Å². The van der Waals surface area contributed by atoms with E-state index in [2.05, 4.69) is 56.6 Å². The summed E-state index contributed by atoms with van der Waals surface area (Å²) in [7, 11) is 4.08. The van der Waals surface area contributed by atoms with Gasteiger partial charge in [-0.15, -0.1) is 0 Å². The quantitative estimate of drug-likeness (QED) is 0.849. The number of likely N-dealkylation sites (tertiary alicyclic amines) is 1. The number of hydrogen-bond donors (Lipinski definition) is 0. The summed E-state index contributed by atoms with van der Waals surface area (Å²) in [6, 6.07) is 7.42. The maximum absolute atomic E-state index is 4.47. The molecule has 1 fully saturated rings. The Morgan fingerprint density at radius 3 is 2.83 bits per heavy atom. The van der Waals surface area contributed by atoms with Crippen molar-refractivity contribution in [2.45, 2.75) is 45.3 Å². The minimum Gasteiger partial charge on any atom is -0.363 e. The van der Waals surface area contributed by atoms with Crippen LogP contribution in [0.5, 0.6) is 0 Å². The molecular weight excluding hydrogens is 286 g/mol. The Labute approximate surface area is 138 Å². The van der Waals surface area contributed by atoms with Crippen LogP contribution in [-0.4, -0.2) is 40.3 Å². The van der Waals surface area contributed by atoms with E-state index in [9.17, 15) is 0 Å². The molecule has 1 aliphatic rings. The Hall–Kier alpha value is -1.88. The smallest absolute Gasteiger partial charge is 0.128 e. The van der Waals surface area contributed by atoms with Gasteiger partial charge in [-0.2, -0.15) is 5.10 Å². The molecule has 0 aromatic carbocycles. The largest absolute Gasteiger partial charge is 0.363 e. The fraction of sp³-hybridized carbons (Fsp3) is 0.556. The van der Waals surface area contributed by atoms with Crippen LogP contribution in [0.25, 0.3) is 0 Å². The molecule has 0 bridgehead atoms. The summed E-state index contributed by atoms with van der Waals surface area (Å²) < 4.78 is 2.13. The van der Waals surface area contributed by atoms with Crippen molar-refractivity contribution in [1.29, 1.82) is 0 Å². The molecule has 1 unspecified atom stereocenters. The fourth-order valence-electron chi connectivity index (χ4n) is 3.42. The molecule has 5 nitrogen and oxygen atoms in total. The van der Waals surface area contributed by atoms with E-state index in [-0.39, 0.29) is 0 Å². The molecule has 1 aliphatic heterocycles. The van der Waals surface area contributed by atoms with Crippen LogP contribution in [0.3, 0.4) is 0 Å². The number of hydrogen-bond acceptors (Lipinski definition) is 4. The second kappa shape index (κ2) is 6.71. The van der Waals surface area contributed by atoms with E-state index in [1.165, 1.54) is 24.1 Å². The Bertz CT molecular complexity index is 646. The molecule has 1 saturated heterocycles. The van der Waals surface area contributed by atoms with E-state index in [1.807, 2.05) is 26.5 Å². The summed E-state index contributed by atoms with van der Waals surface area (Å²) in [5.41, 5.74) is 2.67. The lowest BCUT2D eigenvalue weighted by molar-refractivity contribution is 0.238. The normalized spacial score (nSPS) is 18.7. The zero-order valence-corrected chi connectivity index (χ0v) is 14.6. The third kappa shape index (κ3) is 3.39. The first-order valence-corrected chi connectivity index (χ1v) is 8.46. The van der Waals surface area contributed by atoms with Crippen molar-refractivity contribution in [2.75, 3.05) is 25.5 Å². The van der Waals surface area contributed by atoms with Gasteiger partial charge in [0.05, 0.1) is 5.69 Å². The maximum Gasteiger partial charge on any atom is 0.128 e. The standard InChI is InChI=1S/C18H27N5/c1-14(2)23-16(8-10-20-23)13-22-11-5-6-17(22)15-7-9-19-18(12-15)21(3)4/h7-10,12,14,17H,5-6,11,13H2,1-4H3. The molecule has 0 spiro atoms. The lowest BCUT2D eigenvalue weighted by Gasteiger charge is -2.26. The zero-order chi connectivity index (χ0) is 16.4. The minimum absolute atomic E-state index is 0.405. The van der Waals surface area contributed by atoms with Gasteiger partial charge < -0.3 is 4.90 Å². The molecule has 2 aromatic heterocycles. The van der Waals surface area contributed by atoms with Crippen LogP contribution in [-0.2, 0) is 6.54 Å². The van der Waals surface area contributed by atoms with Crippen molar-refractivity contribution in [3.05, 3.63) is 41.9 Å². The molecule has 124 valence electrons. The first-order chi connectivity index (χ1) is 11.1. The highest BCUT2D eigenvalue weighted by atomic mass is 15.3. The number of pyridine rings is 1. The third-order valence-corrected chi connectivity index (χ3v) is 4.58. The van der Waals surface area contributed by atoms with Gasteiger partial charge in [-0.25, -0.2) is 4.98 Å². The topological polar surface area (TPSA) is 37.2 Å². The van der Waals surface area contributed by atoms with Crippen LogP contribution in [0.15, 0.2) is 30.6 Å². The lowest BCUT2D eigenvalue weighted by atomic mass is 10.1. The fourth-order valence-corrected chi connectivity index (χ4v) is 3.42. The van der Waals surface area contributed by atoms with Crippen LogP contribution < -0.4 is 4.90 Å². The van der Waals surface area contributed by atoms with Gasteiger partial charge in [-0.1, -0.05) is 0 Å². The maximum atomic E-state index is 4.47. The molecule has 0 radical (unpaired) electrons. The van der Waals surface area contributed by atoms with Crippen LogP contribution in [0, 0.1) is 0 Å². The summed E-state index contributed by atoms with van der Waals surface area (Å²) >= 11 is 0. The Morgan fingerprint density at radius 1 is 1.26 bits per heavy atom. The van der Waals surface area contributed by atoms with Gasteiger partial charge in [0.25, 0.3) is 0 Å². The van der Waals surface area contributed by atoms with E-state index in [1.54, 1.807) is 0 Å². The Kier molecular flexibility index (Phi) is 4.66. The molecule has 0 N–H and O–H groups in total. The van der Waals surface area contributed by atoms with Crippen molar-refractivity contribution in [3.63, 3.8) is 0 Å². The SMILES string of the molecule is CC(C)n1nccc1CN1CCCC1c1ccnc(N(C)C)c1. The molecule has 5 heteroatoms. The average Bonchev–Trinajstić information content (AvgIpc) is 3.17. The van der Waals surface area contributed by atoms with Gasteiger partial charge in [-0.3, -0.25) is 9.58 Å². The van der Waals surface area contributed by atoms with Gasteiger partial charge >= 0.3 is 0 Å². The number of aromatic nitrogens is 3. The number of nitrogens with zero attached hydrogens (tertiary/aromatic N) is 5. The van der Waals surface area contributed by atoms with Crippen LogP contribution in [0.1, 0.15) is 50.0 Å². The first kappa shape index (κ1) is 16.0. The molecule has 3 heterocycles.